The molecule has 0 unspecified atom stereocenters. The topological polar surface area (TPSA) is 56.3 Å². The maximum absolute atomic E-state index is 12.0. The van der Waals surface area contributed by atoms with Crippen LogP contribution in [0.2, 0.25) is 0 Å². The first-order valence-electron chi connectivity index (χ1n) is 8.72. The molecule has 4 nitrogen and oxygen atoms in total. The highest BCUT2D eigenvalue weighted by atomic mass is 32.2. The number of carbonyl (C=O) groups excluding carboxylic acids is 1. The lowest BCUT2D eigenvalue weighted by Gasteiger charge is -2.32. The van der Waals surface area contributed by atoms with E-state index in [4.69, 9.17) is 0 Å². The Hall–Kier alpha value is -2.24. The largest absolute Gasteiger partial charge is 0.355 e. The molecule has 0 aliphatic carbocycles. The predicted octanol–water partition coefficient (Wildman–Crippen LogP) is 5.07. The summed E-state index contributed by atoms with van der Waals surface area (Å²) in [6, 6.07) is 14.2. The van der Waals surface area contributed by atoms with E-state index in [1.54, 1.807) is 6.07 Å². The normalized spacial score (nSPS) is 15.7. The molecule has 1 aliphatic rings. The Bertz CT molecular complexity index is 1000. The smallest absolute Gasteiger partial charge is 0.276 e. The van der Waals surface area contributed by atoms with Crippen molar-refractivity contribution < 1.29 is 10.0 Å². The molecule has 26 heavy (non-hydrogen) atoms. The summed E-state index contributed by atoms with van der Waals surface area (Å²) in [5, 5.41) is 10.9. The first-order chi connectivity index (χ1) is 12.3. The lowest BCUT2D eigenvalue weighted by molar-refractivity contribution is -0.0374. The maximum atomic E-state index is 12.0. The third-order valence-corrected chi connectivity index (χ3v) is 6.24. The van der Waals surface area contributed by atoms with E-state index in [9.17, 15) is 10.0 Å². The average molecular weight is 366 g/mol. The molecule has 0 bridgehead atoms. The van der Waals surface area contributed by atoms with Crippen molar-refractivity contribution in [3.8, 4) is 11.3 Å². The molecule has 0 saturated heterocycles. The minimum Gasteiger partial charge on any atom is -0.355 e. The zero-order valence-corrected chi connectivity index (χ0v) is 16.0. The molecule has 0 spiro atoms. The molecule has 2 heterocycles. The molecule has 0 radical (unpaired) electrons. The Balaban J connectivity index is 1.77. The molecule has 0 atom stereocenters. The van der Waals surface area contributed by atoms with Crippen LogP contribution in [0, 0.1) is 0 Å². The number of benzene rings is 2. The number of hydrogen-bond acceptors (Lipinski definition) is 3. The van der Waals surface area contributed by atoms with Gasteiger partial charge in [0.25, 0.3) is 5.91 Å². The van der Waals surface area contributed by atoms with Crippen molar-refractivity contribution in [2.45, 2.75) is 30.6 Å². The van der Waals surface area contributed by atoms with Crippen molar-refractivity contribution in [2.75, 3.05) is 12.8 Å². The molecule has 2 aromatic carbocycles. The van der Waals surface area contributed by atoms with E-state index in [0.29, 0.717) is 10.6 Å². The van der Waals surface area contributed by atoms with Gasteiger partial charge in [0.1, 0.15) is 0 Å². The van der Waals surface area contributed by atoms with E-state index < -0.39 is 5.91 Å². The summed E-state index contributed by atoms with van der Waals surface area (Å²) in [5.74, 6) is 0.754. The monoisotopic (exact) mass is 366 g/mol. The van der Waals surface area contributed by atoms with Crippen molar-refractivity contribution >= 4 is 28.6 Å². The number of hydroxylamine groups is 2. The van der Waals surface area contributed by atoms with Crippen LogP contribution < -0.4 is 0 Å². The number of fused-ring (bicyclic) bond motifs is 2. The Morgan fingerprint density at radius 2 is 2.00 bits per heavy atom. The van der Waals surface area contributed by atoms with Crippen molar-refractivity contribution in [3.63, 3.8) is 0 Å². The summed E-state index contributed by atoms with van der Waals surface area (Å²) in [6.45, 7) is 4.62. The second-order valence-electron chi connectivity index (χ2n) is 7.51. The number of aromatic amines is 1. The lowest BCUT2D eigenvalue weighted by atomic mass is 9.81. The third-order valence-electron chi connectivity index (χ3n) is 5.17. The Morgan fingerprint density at radius 3 is 2.77 bits per heavy atom. The van der Waals surface area contributed by atoms with E-state index >= 15 is 0 Å². The van der Waals surface area contributed by atoms with E-state index in [1.165, 1.54) is 29.7 Å². The molecule has 3 aromatic rings. The first-order valence-corrected chi connectivity index (χ1v) is 9.71. The molecule has 1 amide bonds. The summed E-state index contributed by atoms with van der Waals surface area (Å²) < 4.78 is 0. The molecule has 1 aromatic heterocycles. The fourth-order valence-electron chi connectivity index (χ4n) is 3.51. The summed E-state index contributed by atoms with van der Waals surface area (Å²) >= 11 is 1.93. The van der Waals surface area contributed by atoms with Gasteiger partial charge in [-0.05, 0) is 65.1 Å². The van der Waals surface area contributed by atoms with Gasteiger partial charge in [-0.3, -0.25) is 10.0 Å². The fraction of sp³-hybridized carbons (Fsp3) is 0.286. The van der Waals surface area contributed by atoms with Gasteiger partial charge in [0, 0.05) is 34.1 Å². The zero-order valence-electron chi connectivity index (χ0n) is 15.2. The molecule has 4 rings (SSSR count). The molecule has 1 aliphatic heterocycles. The van der Waals surface area contributed by atoms with Gasteiger partial charge < -0.3 is 4.98 Å². The van der Waals surface area contributed by atoms with Gasteiger partial charge >= 0.3 is 0 Å². The molecular formula is C21H22N2O2S. The van der Waals surface area contributed by atoms with Gasteiger partial charge in [0.15, 0.2) is 0 Å². The van der Waals surface area contributed by atoms with Crippen molar-refractivity contribution in [2.24, 2.45) is 0 Å². The van der Waals surface area contributed by atoms with Crippen LogP contribution in [0.5, 0.6) is 0 Å². The van der Waals surface area contributed by atoms with Crippen LogP contribution in [-0.4, -0.2) is 34.0 Å². The Kier molecular flexibility index (Phi) is 4.09. The highest BCUT2D eigenvalue weighted by molar-refractivity contribution is 7.99. The van der Waals surface area contributed by atoms with Crippen LogP contribution in [0.4, 0.5) is 0 Å². The van der Waals surface area contributed by atoms with Crippen LogP contribution in [-0.2, 0) is 5.41 Å². The van der Waals surface area contributed by atoms with Crippen LogP contribution >= 0.6 is 11.8 Å². The summed E-state index contributed by atoms with van der Waals surface area (Å²) in [4.78, 5) is 16.8. The first kappa shape index (κ1) is 17.2. The van der Waals surface area contributed by atoms with Gasteiger partial charge in [-0.25, -0.2) is 5.06 Å². The fourth-order valence-corrected chi connectivity index (χ4v) is 5.00. The van der Waals surface area contributed by atoms with Crippen molar-refractivity contribution in [3.05, 3.63) is 53.6 Å². The molecule has 0 saturated carbocycles. The van der Waals surface area contributed by atoms with Crippen LogP contribution in [0.1, 0.15) is 36.2 Å². The zero-order chi connectivity index (χ0) is 18.5. The van der Waals surface area contributed by atoms with Gasteiger partial charge in [-0.1, -0.05) is 19.9 Å². The third kappa shape index (κ3) is 2.91. The standard InChI is InChI=1S/C21H22N2O2S/c1-21(2)8-9-26-19-7-5-13(11-16(19)21)18-12-15-10-14(20(24)23(3)25)4-6-17(15)22-18/h4-7,10-12,22,25H,8-9H2,1-3H3. The van der Waals surface area contributed by atoms with Crippen LogP contribution in [0.25, 0.3) is 22.2 Å². The number of H-pyrrole nitrogens is 1. The summed E-state index contributed by atoms with van der Waals surface area (Å²) in [5.41, 5.74) is 5.23. The van der Waals surface area contributed by atoms with Crippen LogP contribution in [0.15, 0.2) is 47.4 Å². The number of rotatable bonds is 2. The van der Waals surface area contributed by atoms with Crippen LogP contribution in [0.3, 0.4) is 0 Å². The van der Waals surface area contributed by atoms with Gasteiger partial charge in [-0.15, -0.1) is 11.8 Å². The SMILES string of the molecule is CN(O)C(=O)c1ccc2[nH]c(-c3ccc4c(c3)C(C)(C)CCS4)cc2c1. The Morgan fingerprint density at radius 1 is 1.19 bits per heavy atom. The minimum atomic E-state index is -0.415. The highest BCUT2D eigenvalue weighted by Crippen LogP contribution is 2.43. The average Bonchev–Trinajstić information content (AvgIpc) is 3.03. The van der Waals surface area contributed by atoms with Crippen molar-refractivity contribution in [1.29, 1.82) is 0 Å². The number of aromatic nitrogens is 1. The maximum Gasteiger partial charge on any atom is 0.276 e. The number of nitrogens with zero attached hydrogens (tertiary/aromatic N) is 1. The minimum absolute atomic E-state index is 0.188. The number of thioether (sulfide) groups is 1. The molecule has 0 fully saturated rings. The molecule has 5 heteroatoms. The predicted molar refractivity (Wildman–Crippen MR) is 106 cm³/mol. The summed E-state index contributed by atoms with van der Waals surface area (Å²) in [6.07, 6.45) is 1.18. The van der Waals surface area contributed by atoms with E-state index in [-0.39, 0.29) is 5.41 Å². The quantitative estimate of drug-likeness (QED) is 0.492. The highest BCUT2D eigenvalue weighted by Gasteiger charge is 2.28. The second-order valence-corrected chi connectivity index (χ2v) is 8.64. The summed E-state index contributed by atoms with van der Waals surface area (Å²) in [7, 11) is 1.34. The number of carbonyl (C=O) groups is 1. The second kappa shape index (κ2) is 6.18. The lowest BCUT2D eigenvalue weighted by Crippen LogP contribution is -2.22. The van der Waals surface area contributed by atoms with Crippen molar-refractivity contribution in [1.82, 2.24) is 10.0 Å². The van der Waals surface area contributed by atoms with E-state index in [0.717, 1.165) is 22.2 Å². The van der Waals surface area contributed by atoms with E-state index in [2.05, 4.69) is 43.1 Å². The molecule has 2 N–H and O–H groups in total. The van der Waals surface area contributed by atoms with E-state index in [1.807, 2.05) is 23.9 Å². The molecule has 134 valence electrons. The Labute approximate surface area is 157 Å². The number of nitrogens with one attached hydrogen (secondary N) is 1. The van der Waals surface area contributed by atoms with Gasteiger partial charge in [-0.2, -0.15) is 0 Å². The van der Waals surface area contributed by atoms with Gasteiger partial charge in [0.2, 0.25) is 0 Å². The number of amides is 1. The molecular weight excluding hydrogens is 344 g/mol. The van der Waals surface area contributed by atoms with Gasteiger partial charge in [0.05, 0.1) is 0 Å². The number of hydrogen-bond donors (Lipinski definition) is 2.